The van der Waals surface area contributed by atoms with Crippen molar-refractivity contribution in [2.75, 3.05) is 24.2 Å². The van der Waals surface area contributed by atoms with Crippen LogP contribution in [-0.2, 0) is 6.42 Å². The number of nitrogens with zero attached hydrogens (tertiary/aromatic N) is 3. The molecule has 4 N–H and O–H groups in total. The molecule has 1 amide bonds. The standard InChI is InChI=1S/C16H17N7O2/c1-17-13-7-12-20-10-5-9(21-14(24)6-10)3-2-4-18-16(25)11-8-19-23(13)15(11)22-12/h5-8,17H,2-4H2,1H3,(H,18,25)(H,20,22)(H,21,24). The van der Waals surface area contributed by atoms with Crippen molar-refractivity contribution in [2.45, 2.75) is 12.8 Å². The van der Waals surface area contributed by atoms with Crippen LogP contribution in [0, 0.1) is 0 Å². The minimum absolute atomic E-state index is 0.182. The first kappa shape index (κ1) is 15.2. The highest BCUT2D eigenvalue weighted by molar-refractivity contribution is 6.00. The predicted molar refractivity (Wildman–Crippen MR) is 93.5 cm³/mol. The molecule has 0 radical (unpaired) electrons. The first-order valence-electron chi connectivity index (χ1n) is 7.99. The SMILES string of the molecule is CNc1cc2nc3c(cnn13)C(=O)NCCCc1cc(cc(=O)[nH]1)N2. The van der Waals surface area contributed by atoms with E-state index >= 15 is 0 Å². The second kappa shape index (κ2) is 5.93. The van der Waals surface area contributed by atoms with E-state index in [4.69, 9.17) is 0 Å². The summed E-state index contributed by atoms with van der Waals surface area (Å²) in [6, 6.07) is 5.13. The van der Waals surface area contributed by atoms with E-state index in [2.05, 4.69) is 31.0 Å². The van der Waals surface area contributed by atoms with E-state index in [9.17, 15) is 9.59 Å². The van der Waals surface area contributed by atoms with Gasteiger partial charge in [0.1, 0.15) is 17.2 Å². The summed E-state index contributed by atoms with van der Waals surface area (Å²) in [4.78, 5) is 31.6. The van der Waals surface area contributed by atoms with Crippen molar-refractivity contribution in [2.24, 2.45) is 0 Å². The minimum Gasteiger partial charge on any atom is -0.373 e. The Kier molecular flexibility index (Phi) is 3.60. The third-order valence-electron chi connectivity index (χ3n) is 4.05. The number of pyridine rings is 1. The van der Waals surface area contributed by atoms with Crippen molar-refractivity contribution in [3.8, 4) is 0 Å². The number of hydrogen-bond acceptors (Lipinski definition) is 6. The van der Waals surface area contributed by atoms with Gasteiger partial charge >= 0.3 is 0 Å². The maximum Gasteiger partial charge on any atom is 0.256 e. The van der Waals surface area contributed by atoms with Gasteiger partial charge in [0.25, 0.3) is 5.91 Å². The van der Waals surface area contributed by atoms with Crippen molar-refractivity contribution < 1.29 is 4.79 Å². The monoisotopic (exact) mass is 339 g/mol. The van der Waals surface area contributed by atoms with Crippen LogP contribution in [0.15, 0.2) is 29.2 Å². The maximum atomic E-state index is 12.4. The number of carbonyl (C=O) groups is 1. The van der Waals surface area contributed by atoms with Gasteiger partial charge in [-0.05, 0) is 18.9 Å². The van der Waals surface area contributed by atoms with Crippen LogP contribution in [0.4, 0.5) is 17.3 Å². The molecular weight excluding hydrogens is 322 g/mol. The molecule has 0 aromatic carbocycles. The normalized spacial score (nSPS) is 14.2. The number of aromatic nitrogens is 4. The van der Waals surface area contributed by atoms with Crippen LogP contribution >= 0.6 is 0 Å². The van der Waals surface area contributed by atoms with Crippen LogP contribution < -0.4 is 21.5 Å². The highest BCUT2D eigenvalue weighted by atomic mass is 16.1. The Morgan fingerprint density at radius 3 is 2.96 bits per heavy atom. The third kappa shape index (κ3) is 2.80. The Labute approximate surface area is 142 Å². The lowest BCUT2D eigenvalue weighted by Gasteiger charge is -2.10. The van der Waals surface area contributed by atoms with Crippen molar-refractivity contribution in [1.82, 2.24) is 24.9 Å². The average Bonchev–Trinajstić information content (AvgIpc) is 3.00. The molecule has 128 valence electrons. The van der Waals surface area contributed by atoms with Gasteiger partial charge in [0.15, 0.2) is 5.65 Å². The zero-order chi connectivity index (χ0) is 17.4. The van der Waals surface area contributed by atoms with Gasteiger partial charge in [0, 0.05) is 37.1 Å². The van der Waals surface area contributed by atoms with Gasteiger partial charge in [0.2, 0.25) is 5.56 Å². The Bertz CT molecular complexity index is 1020. The molecule has 0 atom stereocenters. The summed E-state index contributed by atoms with van der Waals surface area (Å²) < 4.78 is 1.57. The molecule has 9 heteroatoms. The van der Waals surface area contributed by atoms with E-state index in [0.29, 0.717) is 47.9 Å². The Morgan fingerprint density at radius 1 is 1.24 bits per heavy atom. The molecule has 1 aliphatic rings. The molecule has 9 nitrogen and oxygen atoms in total. The van der Waals surface area contributed by atoms with Gasteiger partial charge < -0.3 is 20.9 Å². The number of fused-ring (bicyclic) bond motifs is 3. The van der Waals surface area contributed by atoms with E-state index in [1.807, 2.05) is 6.07 Å². The number of nitrogens with one attached hydrogen (secondary N) is 4. The molecule has 0 spiro atoms. The van der Waals surface area contributed by atoms with Gasteiger partial charge in [-0.1, -0.05) is 0 Å². The highest BCUT2D eigenvalue weighted by Gasteiger charge is 2.17. The molecule has 4 bridgehead atoms. The lowest BCUT2D eigenvalue weighted by Crippen LogP contribution is -2.25. The lowest BCUT2D eigenvalue weighted by molar-refractivity contribution is 0.0954. The van der Waals surface area contributed by atoms with Crippen LogP contribution in [0.2, 0.25) is 0 Å². The van der Waals surface area contributed by atoms with Gasteiger partial charge in [-0.3, -0.25) is 9.59 Å². The Balaban J connectivity index is 1.90. The summed E-state index contributed by atoms with van der Waals surface area (Å²) in [5, 5.41) is 13.3. The van der Waals surface area contributed by atoms with E-state index < -0.39 is 0 Å². The highest BCUT2D eigenvalue weighted by Crippen LogP contribution is 2.22. The molecule has 3 aromatic rings. The molecule has 0 fully saturated rings. The predicted octanol–water partition coefficient (Wildman–Crippen LogP) is 0.879. The number of aryl methyl sites for hydroxylation is 1. The number of amides is 1. The van der Waals surface area contributed by atoms with Crippen molar-refractivity contribution in [1.29, 1.82) is 0 Å². The van der Waals surface area contributed by atoms with E-state index in [-0.39, 0.29) is 11.5 Å². The summed E-state index contributed by atoms with van der Waals surface area (Å²) >= 11 is 0. The minimum atomic E-state index is -0.221. The fourth-order valence-electron chi connectivity index (χ4n) is 2.90. The number of carbonyl (C=O) groups excluding carboxylic acids is 1. The quantitative estimate of drug-likeness (QED) is 0.523. The van der Waals surface area contributed by atoms with Gasteiger partial charge in [-0.25, -0.2) is 4.98 Å². The summed E-state index contributed by atoms with van der Waals surface area (Å²) in [5.74, 6) is 0.967. The molecule has 25 heavy (non-hydrogen) atoms. The van der Waals surface area contributed by atoms with Gasteiger partial charge in [-0.2, -0.15) is 9.61 Å². The van der Waals surface area contributed by atoms with E-state index in [0.717, 1.165) is 5.69 Å². The molecule has 4 heterocycles. The van der Waals surface area contributed by atoms with Crippen LogP contribution in [0.1, 0.15) is 22.5 Å². The lowest BCUT2D eigenvalue weighted by atomic mass is 10.2. The van der Waals surface area contributed by atoms with E-state index in [1.54, 1.807) is 17.6 Å². The van der Waals surface area contributed by atoms with Crippen molar-refractivity contribution in [3.63, 3.8) is 0 Å². The number of anilines is 3. The van der Waals surface area contributed by atoms with E-state index in [1.165, 1.54) is 12.3 Å². The molecule has 0 saturated carbocycles. The fourth-order valence-corrected chi connectivity index (χ4v) is 2.90. The van der Waals surface area contributed by atoms with Crippen LogP contribution in [0.25, 0.3) is 5.65 Å². The summed E-state index contributed by atoms with van der Waals surface area (Å²) in [5.41, 5.74) is 2.12. The Morgan fingerprint density at radius 2 is 2.12 bits per heavy atom. The first-order valence-corrected chi connectivity index (χ1v) is 7.99. The van der Waals surface area contributed by atoms with Gasteiger partial charge in [-0.15, -0.1) is 0 Å². The fraction of sp³-hybridized carbons (Fsp3) is 0.250. The van der Waals surface area contributed by atoms with Crippen LogP contribution in [0.3, 0.4) is 0 Å². The van der Waals surface area contributed by atoms with Crippen LogP contribution in [0.5, 0.6) is 0 Å². The van der Waals surface area contributed by atoms with Crippen LogP contribution in [-0.4, -0.2) is 39.1 Å². The largest absolute Gasteiger partial charge is 0.373 e. The molecule has 3 aromatic heterocycles. The molecule has 4 rings (SSSR count). The summed E-state index contributed by atoms with van der Waals surface area (Å²) in [6.07, 6.45) is 2.87. The number of hydrogen-bond donors (Lipinski definition) is 4. The zero-order valence-electron chi connectivity index (χ0n) is 13.6. The molecule has 0 unspecified atom stereocenters. The topological polar surface area (TPSA) is 116 Å². The van der Waals surface area contributed by atoms with Crippen molar-refractivity contribution >= 4 is 28.9 Å². The van der Waals surface area contributed by atoms with Gasteiger partial charge in [0.05, 0.1) is 6.20 Å². The second-order valence-electron chi connectivity index (χ2n) is 5.81. The maximum absolute atomic E-state index is 12.4. The summed E-state index contributed by atoms with van der Waals surface area (Å²) in [7, 11) is 1.76. The molecule has 0 aliphatic carbocycles. The zero-order valence-corrected chi connectivity index (χ0v) is 13.6. The summed E-state index contributed by atoms with van der Waals surface area (Å²) in [6.45, 7) is 0.494. The van der Waals surface area contributed by atoms with Crippen molar-refractivity contribution in [3.05, 3.63) is 46.0 Å². The second-order valence-corrected chi connectivity index (χ2v) is 5.81. The molecule has 0 saturated heterocycles. The number of aromatic amines is 1. The third-order valence-corrected chi connectivity index (χ3v) is 4.05. The number of rotatable bonds is 1. The molecular formula is C16H17N7O2. The number of H-pyrrole nitrogens is 1. The average molecular weight is 339 g/mol. The Hall–Kier alpha value is -3.36. The molecule has 1 aliphatic heterocycles. The first-order chi connectivity index (χ1) is 12.1. The smallest absolute Gasteiger partial charge is 0.256 e.